The Morgan fingerprint density at radius 1 is 1.09 bits per heavy atom. The minimum atomic E-state index is -1.47. The average Bonchev–Trinajstić information content (AvgIpc) is 2.67. The summed E-state index contributed by atoms with van der Waals surface area (Å²) in [6.45, 7) is 5.85. The quantitative estimate of drug-likeness (QED) is 0.699. The van der Waals surface area contributed by atoms with Gasteiger partial charge in [-0.15, -0.1) is 0 Å². The third-order valence-corrected chi connectivity index (χ3v) is 6.29. The van der Waals surface area contributed by atoms with E-state index < -0.39 is 52.8 Å². The van der Waals surface area contributed by atoms with E-state index in [1.54, 1.807) is 20.8 Å². The molecule has 1 aliphatic heterocycles. The molecule has 7 nitrogen and oxygen atoms in total. The summed E-state index contributed by atoms with van der Waals surface area (Å²) in [5.74, 6) is -3.50. The number of ether oxygens (including phenoxy) is 1. The maximum atomic E-state index is 14.1. The Kier molecular flexibility index (Phi) is 7.92. The molecule has 0 radical (unpaired) electrons. The molecule has 0 aromatic heterocycles. The van der Waals surface area contributed by atoms with E-state index in [4.69, 9.17) is 4.74 Å². The average molecular weight is 460 g/mol. The van der Waals surface area contributed by atoms with Crippen LogP contribution < -0.4 is 0 Å². The third kappa shape index (κ3) is 5.35. The van der Waals surface area contributed by atoms with Gasteiger partial charge in [0.1, 0.15) is 29.3 Å². The van der Waals surface area contributed by atoms with Crippen molar-refractivity contribution in [2.45, 2.75) is 76.5 Å². The number of benzene rings is 1. The summed E-state index contributed by atoms with van der Waals surface area (Å²) in [6, 6.07) is 2.84. The minimum absolute atomic E-state index is 0. The zero-order valence-electron chi connectivity index (χ0n) is 18.9. The van der Waals surface area contributed by atoms with Crippen LogP contribution in [0.4, 0.5) is 13.6 Å². The van der Waals surface area contributed by atoms with Gasteiger partial charge < -0.3 is 14.7 Å². The molecular formula is C23H31F2LiN2O5. The summed E-state index contributed by atoms with van der Waals surface area (Å²) in [7, 11) is 0. The van der Waals surface area contributed by atoms with Crippen molar-refractivity contribution >= 4 is 36.8 Å². The van der Waals surface area contributed by atoms with Gasteiger partial charge in [0.25, 0.3) is 0 Å². The molecule has 1 saturated heterocycles. The number of carboxylic acids is 1. The molecule has 178 valence electrons. The van der Waals surface area contributed by atoms with E-state index in [1.807, 2.05) is 0 Å². The van der Waals surface area contributed by atoms with Gasteiger partial charge in [-0.1, -0.05) is 19.3 Å². The van der Waals surface area contributed by atoms with Crippen LogP contribution in [0.15, 0.2) is 18.2 Å². The van der Waals surface area contributed by atoms with Crippen LogP contribution in [0.25, 0.3) is 0 Å². The number of hydrogen-bond donors (Lipinski definition) is 1. The molecule has 0 unspecified atom stereocenters. The van der Waals surface area contributed by atoms with E-state index in [0.717, 1.165) is 23.5 Å². The molecule has 1 aliphatic carbocycles. The summed E-state index contributed by atoms with van der Waals surface area (Å²) in [6.07, 6.45) is 2.31. The first kappa shape index (κ1) is 27.1. The fourth-order valence-corrected chi connectivity index (χ4v) is 4.81. The number of aliphatic carboxylic acids is 1. The van der Waals surface area contributed by atoms with Crippen LogP contribution >= 0.6 is 0 Å². The molecule has 0 bridgehead atoms. The molecule has 1 N–H and O–H groups in total. The van der Waals surface area contributed by atoms with E-state index >= 15 is 0 Å². The number of piperazine rings is 1. The van der Waals surface area contributed by atoms with Crippen molar-refractivity contribution in [3.63, 3.8) is 0 Å². The van der Waals surface area contributed by atoms with Crippen molar-refractivity contribution in [3.05, 3.63) is 35.4 Å². The van der Waals surface area contributed by atoms with E-state index in [9.17, 15) is 28.3 Å². The van der Waals surface area contributed by atoms with Crippen LogP contribution in [0.5, 0.6) is 0 Å². The number of carbonyl (C=O) groups excluding carboxylic acids is 2. The van der Waals surface area contributed by atoms with Crippen molar-refractivity contribution in [1.29, 1.82) is 0 Å². The molecule has 1 heterocycles. The monoisotopic (exact) mass is 460 g/mol. The normalized spacial score (nSPS) is 22.7. The standard InChI is InChI=1S/C23H30F2N2O5.Li.H/c1-21(2,3)32-20(31)27-14-22(4,15-10-16(24)12-17(25)11-15)26(13-18(28)29)19(30)23(27)8-6-5-7-9-23;;/h10-12H,5-9,13-14H2,1-4H3,(H,28,29);;/t22-;;/m0../s1. The number of amides is 2. The van der Waals surface area contributed by atoms with Crippen LogP contribution in [0.2, 0.25) is 0 Å². The molecule has 1 aromatic carbocycles. The van der Waals surface area contributed by atoms with Gasteiger partial charge in [-0.25, -0.2) is 13.6 Å². The zero-order chi connectivity index (χ0) is 23.9. The van der Waals surface area contributed by atoms with Crippen molar-refractivity contribution in [2.24, 2.45) is 0 Å². The fraction of sp³-hybridized carbons (Fsp3) is 0.609. The Bertz CT molecular complexity index is 910. The predicted molar refractivity (Wildman–Crippen MR) is 119 cm³/mol. The second kappa shape index (κ2) is 9.63. The number of halogens is 2. The zero-order valence-corrected chi connectivity index (χ0v) is 18.9. The molecule has 33 heavy (non-hydrogen) atoms. The second-order valence-corrected chi connectivity index (χ2v) is 9.88. The van der Waals surface area contributed by atoms with Gasteiger partial charge in [0, 0.05) is 6.07 Å². The van der Waals surface area contributed by atoms with Crippen LogP contribution in [-0.4, -0.2) is 76.0 Å². The first-order valence-corrected chi connectivity index (χ1v) is 10.8. The summed E-state index contributed by atoms with van der Waals surface area (Å²) in [4.78, 5) is 41.4. The fourth-order valence-electron chi connectivity index (χ4n) is 4.81. The van der Waals surface area contributed by atoms with Crippen LogP contribution in [0, 0.1) is 11.6 Å². The van der Waals surface area contributed by atoms with Gasteiger partial charge in [0.2, 0.25) is 5.91 Å². The predicted octanol–water partition coefficient (Wildman–Crippen LogP) is 3.40. The first-order chi connectivity index (χ1) is 14.8. The van der Waals surface area contributed by atoms with E-state index in [-0.39, 0.29) is 31.0 Å². The Morgan fingerprint density at radius 3 is 2.12 bits per heavy atom. The molecule has 2 aliphatic rings. The molecule has 3 rings (SSSR count). The van der Waals surface area contributed by atoms with Crippen molar-refractivity contribution in [2.75, 3.05) is 13.1 Å². The van der Waals surface area contributed by atoms with Crippen LogP contribution in [-0.2, 0) is 19.9 Å². The van der Waals surface area contributed by atoms with Crippen LogP contribution in [0.3, 0.4) is 0 Å². The molecule has 2 fully saturated rings. The summed E-state index contributed by atoms with van der Waals surface area (Å²) >= 11 is 0. The number of rotatable bonds is 3. The maximum absolute atomic E-state index is 14.1. The van der Waals surface area contributed by atoms with Crippen molar-refractivity contribution in [3.8, 4) is 0 Å². The van der Waals surface area contributed by atoms with Gasteiger partial charge in [-0.05, 0) is 58.2 Å². The van der Waals surface area contributed by atoms with Gasteiger partial charge >= 0.3 is 30.9 Å². The SMILES string of the molecule is CC(C)(C)OC(=O)N1C[C@@](C)(c2cc(F)cc(F)c2)N(CC(=O)O)C(=O)C12CCCCC2.[LiH]. The van der Waals surface area contributed by atoms with E-state index in [0.29, 0.717) is 31.7 Å². The second-order valence-electron chi connectivity index (χ2n) is 9.88. The topological polar surface area (TPSA) is 87.2 Å². The Balaban J connectivity index is 0.00000385. The molecule has 10 heteroatoms. The Morgan fingerprint density at radius 2 is 1.64 bits per heavy atom. The van der Waals surface area contributed by atoms with Gasteiger partial charge in [0.15, 0.2) is 0 Å². The molecule has 1 aromatic rings. The third-order valence-electron chi connectivity index (χ3n) is 6.29. The first-order valence-electron chi connectivity index (χ1n) is 10.8. The van der Waals surface area contributed by atoms with Crippen LogP contribution in [0.1, 0.15) is 65.4 Å². The molecule has 1 saturated carbocycles. The number of nitrogens with zero attached hydrogens (tertiary/aromatic N) is 2. The molecule has 1 atom stereocenters. The molecule has 2 amide bonds. The Hall–Kier alpha value is -2.11. The van der Waals surface area contributed by atoms with Gasteiger partial charge in [-0.2, -0.15) is 0 Å². The van der Waals surface area contributed by atoms with Gasteiger partial charge in [-0.3, -0.25) is 14.5 Å². The number of hydrogen-bond acceptors (Lipinski definition) is 4. The summed E-state index contributed by atoms with van der Waals surface area (Å²) < 4.78 is 33.8. The number of carboxylic acid groups (broad SMARTS) is 1. The van der Waals surface area contributed by atoms with E-state index in [2.05, 4.69) is 0 Å². The Labute approximate surface area is 204 Å². The number of carbonyl (C=O) groups is 3. The van der Waals surface area contributed by atoms with E-state index in [1.165, 1.54) is 11.8 Å². The van der Waals surface area contributed by atoms with Gasteiger partial charge in [0.05, 0.1) is 12.1 Å². The van der Waals surface area contributed by atoms with Crippen molar-refractivity contribution < 1.29 is 33.0 Å². The summed E-state index contributed by atoms with van der Waals surface area (Å²) in [5, 5.41) is 9.54. The summed E-state index contributed by atoms with van der Waals surface area (Å²) in [5.41, 5.74) is -3.47. The molecule has 1 spiro atoms. The molecular weight excluding hydrogens is 429 g/mol. The van der Waals surface area contributed by atoms with Crippen molar-refractivity contribution in [1.82, 2.24) is 9.80 Å².